The Labute approximate surface area is 99.2 Å². The molecule has 2 nitrogen and oxygen atoms in total. The highest BCUT2D eigenvalue weighted by molar-refractivity contribution is 5.27. The Morgan fingerprint density at radius 3 is 2.06 bits per heavy atom. The van der Waals surface area contributed by atoms with E-state index in [0.717, 1.165) is 24.2 Å². The highest BCUT2D eigenvalue weighted by Crippen LogP contribution is 2.30. The predicted octanol–water partition coefficient (Wildman–Crippen LogP) is 2.31. The smallest absolute Gasteiger partial charge is 0.330 e. The van der Waals surface area contributed by atoms with Gasteiger partial charge in [-0.1, -0.05) is 12.1 Å². The largest absolute Gasteiger partial charge is 0.416 e. The van der Waals surface area contributed by atoms with Crippen molar-refractivity contribution in [2.24, 2.45) is 5.73 Å². The maximum atomic E-state index is 12.4. The lowest BCUT2D eigenvalue weighted by Gasteiger charge is -2.20. The van der Waals surface area contributed by atoms with Crippen molar-refractivity contribution in [3.63, 3.8) is 0 Å². The van der Waals surface area contributed by atoms with Crippen LogP contribution >= 0.6 is 0 Å². The fourth-order valence-electron chi connectivity index (χ4n) is 1.70. The fourth-order valence-corrected chi connectivity index (χ4v) is 1.70. The molecule has 0 fully saturated rings. The first-order valence-electron chi connectivity index (χ1n) is 5.36. The third-order valence-corrected chi connectivity index (χ3v) is 2.58. The Balaban J connectivity index is 2.85. The van der Waals surface area contributed by atoms with E-state index in [0.29, 0.717) is 6.54 Å². The fraction of sp³-hybridized carbons (Fsp3) is 0.500. The lowest BCUT2D eigenvalue weighted by Crippen LogP contribution is -2.25. The molecule has 0 spiro atoms. The zero-order valence-corrected chi connectivity index (χ0v) is 9.96. The van der Waals surface area contributed by atoms with E-state index in [9.17, 15) is 13.2 Å². The van der Waals surface area contributed by atoms with Crippen LogP contribution in [0.3, 0.4) is 0 Å². The van der Waals surface area contributed by atoms with Crippen LogP contribution in [0.15, 0.2) is 24.3 Å². The maximum absolute atomic E-state index is 12.4. The summed E-state index contributed by atoms with van der Waals surface area (Å²) in [5.41, 5.74) is 5.85. The van der Waals surface area contributed by atoms with Crippen molar-refractivity contribution in [1.29, 1.82) is 0 Å². The van der Waals surface area contributed by atoms with E-state index in [1.807, 2.05) is 19.0 Å². The van der Waals surface area contributed by atoms with Crippen LogP contribution in [0, 0.1) is 0 Å². The second-order valence-corrected chi connectivity index (χ2v) is 4.31. The summed E-state index contributed by atoms with van der Waals surface area (Å²) in [7, 11) is 3.82. The number of nitrogens with zero attached hydrogens (tertiary/aromatic N) is 1. The van der Waals surface area contributed by atoms with E-state index in [2.05, 4.69) is 0 Å². The third kappa shape index (κ3) is 4.02. The van der Waals surface area contributed by atoms with Crippen molar-refractivity contribution in [3.8, 4) is 0 Å². The van der Waals surface area contributed by atoms with E-state index >= 15 is 0 Å². The van der Waals surface area contributed by atoms with Gasteiger partial charge in [0.05, 0.1) is 5.56 Å². The molecule has 0 radical (unpaired) electrons. The van der Waals surface area contributed by atoms with Crippen molar-refractivity contribution < 1.29 is 13.2 Å². The molecule has 0 aliphatic rings. The molecule has 17 heavy (non-hydrogen) atoms. The zero-order chi connectivity index (χ0) is 13.1. The number of rotatable bonds is 4. The van der Waals surface area contributed by atoms with Crippen LogP contribution in [-0.4, -0.2) is 32.1 Å². The second-order valence-electron chi connectivity index (χ2n) is 4.31. The normalized spacial score (nSPS) is 14.1. The van der Waals surface area contributed by atoms with Crippen LogP contribution in [-0.2, 0) is 6.18 Å². The molecule has 1 rings (SSSR count). The van der Waals surface area contributed by atoms with Crippen molar-refractivity contribution in [3.05, 3.63) is 35.4 Å². The van der Waals surface area contributed by atoms with Crippen LogP contribution < -0.4 is 5.73 Å². The van der Waals surface area contributed by atoms with Gasteiger partial charge in [-0.15, -0.1) is 0 Å². The topological polar surface area (TPSA) is 29.3 Å². The van der Waals surface area contributed by atoms with E-state index < -0.39 is 11.7 Å². The van der Waals surface area contributed by atoms with E-state index in [4.69, 9.17) is 5.73 Å². The standard InChI is InChI=1S/C12H17F3N2/c1-17(2)8-10(7-16)9-3-5-11(6-4-9)12(13,14)15/h3-6,10H,7-8,16H2,1-2H3. The molecule has 0 heterocycles. The molecule has 2 N–H and O–H groups in total. The Kier molecular flexibility index (Phi) is 4.54. The van der Waals surface area contributed by atoms with Gasteiger partial charge in [0.25, 0.3) is 0 Å². The first-order chi connectivity index (χ1) is 7.84. The first-order valence-corrected chi connectivity index (χ1v) is 5.36. The zero-order valence-electron chi connectivity index (χ0n) is 9.96. The van der Waals surface area contributed by atoms with E-state index in [-0.39, 0.29) is 5.92 Å². The molecule has 0 bridgehead atoms. The lowest BCUT2D eigenvalue weighted by atomic mass is 9.97. The number of likely N-dealkylation sites (N-methyl/N-ethyl adjacent to an activating group) is 1. The number of halogens is 3. The summed E-state index contributed by atoms with van der Waals surface area (Å²) in [6, 6.07) is 5.22. The van der Waals surface area contributed by atoms with Gasteiger partial charge in [0.15, 0.2) is 0 Å². The Morgan fingerprint density at radius 2 is 1.71 bits per heavy atom. The summed E-state index contributed by atoms with van der Waals surface area (Å²) >= 11 is 0. The molecule has 0 saturated heterocycles. The number of hydrogen-bond donors (Lipinski definition) is 1. The van der Waals surface area contributed by atoms with Gasteiger partial charge < -0.3 is 10.6 Å². The average Bonchev–Trinajstić information content (AvgIpc) is 2.24. The minimum atomic E-state index is -4.28. The number of nitrogens with two attached hydrogens (primary N) is 1. The van der Waals surface area contributed by atoms with Crippen molar-refractivity contribution in [2.75, 3.05) is 27.2 Å². The molecule has 1 atom stereocenters. The Morgan fingerprint density at radius 1 is 1.18 bits per heavy atom. The third-order valence-electron chi connectivity index (χ3n) is 2.58. The van der Waals surface area contributed by atoms with E-state index in [1.54, 1.807) is 0 Å². The maximum Gasteiger partial charge on any atom is 0.416 e. The van der Waals surface area contributed by atoms with Crippen LogP contribution in [0.25, 0.3) is 0 Å². The first kappa shape index (κ1) is 14.0. The molecule has 0 saturated carbocycles. The van der Waals surface area contributed by atoms with Gasteiger partial charge in [-0.25, -0.2) is 0 Å². The SMILES string of the molecule is CN(C)CC(CN)c1ccc(C(F)(F)F)cc1. The highest BCUT2D eigenvalue weighted by Gasteiger charge is 2.30. The quantitative estimate of drug-likeness (QED) is 0.883. The van der Waals surface area contributed by atoms with Crippen molar-refractivity contribution in [2.45, 2.75) is 12.1 Å². The minimum Gasteiger partial charge on any atom is -0.330 e. The van der Waals surface area contributed by atoms with Crippen LogP contribution in [0.4, 0.5) is 13.2 Å². The molecular formula is C12H17F3N2. The Bertz CT molecular complexity index is 344. The summed E-state index contributed by atoms with van der Waals surface area (Å²) < 4.78 is 37.1. The van der Waals surface area contributed by atoms with Crippen molar-refractivity contribution >= 4 is 0 Å². The van der Waals surface area contributed by atoms with Gasteiger partial charge in [0.2, 0.25) is 0 Å². The summed E-state index contributed by atoms with van der Waals surface area (Å²) in [4.78, 5) is 1.97. The molecule has 1 aromatic rings. The summed E-state index contributed by atoms with van der Waals surface area (Å²) in [6.45, 7) is 1.14. The van der Waals surface area contributed by atoms with Crippen LogP contribution in [0.5, 0.6) is 0 Å². The average molecular weight is 246 g/mol. The van der Waals surface area contributed by atoms with Gasteiger partial charge >= 0.3 is 6.18 Å². The van der Waals surface area contributed by atoms with Gasteiger partial charge in [-0.05, 0) is 31.8 Å². The Hall–Kier alpha value is -1.07. The number of hydrogen-bond acceptors (Lipinski definition) is 2. The van der Waals surface area contributed by atoms with E-state index in [1.165, 1.54) is 12.1 Å². The molecule has 0 aliphatic heterocycles. The second kappa shape index (κ2) is 5.51. The van der Waals surface area contributed by atoms with Crippen LogP contribution in [0.2, 0.25) is 0 Å². The molecule has 96 valence electrons. The monoisotopic (exact) mass is 246 g/mol. The van der Waals surface area contributed by atoms with Gasteiger partial charge in [0.1, 0.15) is 0 Å². The van der Waals surface area contributed by atoms with Crippen molar-refractivity contribution in [1.82, 2.24) is 4.90 Å². The molecule has 1 aromatic carbocycles. The molecule has 0 aliphatic carbocycles. The summed E-state index contributed by atoms with van der Waals surface area (Å²) in [5.74, 6) is 0.0623. The van der Waals surface area contributed by atoms with Gasteiger partial charge in [-0.2, -0.15) is 13.2 Å². The summed E-state index contributed by atoms with van der Waals surface area (Å²) in [6.07, 6.45) is -4.28. The minimum absolute atomic E-state index is 0.0623. The molecular weight excluding hydrogens is 229 g/mol. The summed E-state index contributed by atoms with van der Waals surface area (Å²) in [5, 5.41) is 0. The lowest BCUT2D eigenvalue weighted by molar-refractivity contribution is -0.137. The highest BCUT2D eigenvalue weighted by atomic mass is 19.4. The predicted molar refractivity (Wildman–Crippen MR) is 61.8 cm³/mol. The molecule has 0 amide bonds. The molecule has 1 unspecified atom stereocenters. The molecule has 5 heteroatoms. The van der Waals surface area contributed by atoms with Gasteiger partial charge in [-0.3, -0.25) is 0 Å². The molecule has 0 aromatic heterocycles. The number of alkyl halides is 3. The number of benzene rings is 1. The van der Waals surface area contributed by atoms with Gasteiger partial charge in [0, 0.05) is 19.0 Å². The van der Waals surface area contributed by atoms with Crippen LogP contribution in [0.1, 0.15) is 17.0 Å².